The summed E-state index contributed by atoms with van der Waals surface area (Å²) in [4.78, 5) is 18.7. The number of thiazole rings is 1. The summed E-state index contributed by atoms with van der Waals surface area (Å²) in [6, 6.07) is 10.2. The van der Waals surface area contributed by atoms with Crippen molar-refractivity contribution >= 4 is 17.2 Å². The van der Waals surface area contributed by atoms with E-state index in [4.69, 9.17) is 5.73 Å². The summed E-state index contributed by atoms with van der Waals surface area (Å²) in [5.41, 5.74) is 7.30. The van der Waals surface area contributed by atoms with Crippen LogP contribution in [0.3, 0.4) is 0 Å². The lowest BCUT2D eigenvalue weighted by molar-refractivity contribution is 0.0761. The van der Waals surface area contributed by atoms with Gasteiger partial charge >= 0.3 is 0 Å². The molecule has 4 nitrogen and oxygen atoms in total. The maximum absolute atomic E-state index is 12.5. The molecule has 0 saturated heterocycles. The quantitative estimate of drug-likeness (QED) is 0.854. The maximum Gasteiger partial charge on any atom is 0.273 e. The van der Waals surface area contributed by atoms with E-state index in [1.165, 1.54) is 16.9 Å². The van der Waals surface area contributed by atoms with E-state index in [-0.39, 0.29) is 5.91 Å². The maximum atomic E-state index is 12.5. The van der Waals surface area contributed by atoms with E-state index < -0.39 is 0 Å². The van der Waals surface area contributed by atoms with Crippen molar-refractivity contribution in [2.75, 3.05) is 19.6 Å². The Morgan fingerprint density at radius 2 is 2.05 bits per heavy atom. The third kappa shape index (κ3) is 4.37. The Labute approximate surface area is 129 Å². The van der Waals surface area contributed by atoms with Gasteiger partial charge in [-0.15, -0.1) is 11.3 Å². The zero-order valence-corrected chi connectivity index (χ0v) is 13.1. The summed E-state index contributed by atoms with van der Waals surface area (Å²) in [6.07, 6.45) is 1.59. The first-order chi connectivity index (χ1) is 10.2. The third-order valence-electron chi connectivity index (χ3n) is 3.31. The van der Waals surface area contributed by atoms with Crippen LogP contribution < -0.4 is 5.73 Å². The molecule has 1 amide bonds. The highest BCUT2D eigenvalue weighted by molar-refractivity contribution is 7.09. The van der Waals surface area contributed by atoms with Gasteiger partial charge in [0.15, 0.2) is 0 Å². The Morgan fingerprint density at radius 3 is 2.71 bits per heavy atom. The number of carbonyl (C=O) groups is 1. The van der Waals surface area contributed by atoms with Gasteiger partial charge in [0.2, 0.25) is 0 Å². The molecule has 2 N–H and O–H groups in total. The van der Waals surface area contributed by atoms with Crippen LogP contribution in [0, 0.1) is 0 Å². The average Bonchev–Trinajstić information content (AvgIpc) is 2.98. The van der Waals surface area contributed by atoms with Gasteiger partial charge < -0.3 is 10.6 Å². The zero-order chi connectivity index (χ0) is 15.1. The molecule has 0 atom stereocenters. The lowest BCUT2D eigenvalue weighted by Gasteiger charge is -2.19. The molecular weight excluding hydrogens is 282 g/mol. The molecule has 5 heteroatoms. The number of hydrogen-bond acceptors (Lipinski definition) is 4. The number of nitrogens with zero attached hydrogens (tertiary/aromatic N) is 2. The summed E-state index contributed by atoms with van der Waals surface area (Å²) >= 11 is 1.51. The molecule has 0 aliphatic rings. The Balaban J connectivity index is 1.97. The second-order valence-electron chi connectivity index (χ2n) is 4.79. The molecule has 0 aliphatic heterocycles. The van der Waals surface area contributed by atoms with Crippen molar-refractivity contribution in [2.45, 2.75) is 19.8 Å². The van der Waals surface area contributed by atoms with Crippen molar-refractivity contribution in [1.29, 1.82) is 0 Å². The number of amides is 1. The summed E-state index contributed by atoms with van der Waals surface area (Å²) in [7, 11) is 0. The minimum Gasteiger partial charge on any atom is -0.337 e. The van der Waals surface area contributed by atoms with E-state index in [0.717, 1.165) is 17.8 Å². The number of likely N-dealkylation sites (N-methyl/N-ethyl adjacent to an activating group) is 1. The number of rotatable bonds is 7. The summed E-state index contributed by atoms with van der Waals surface area (Å²) < 4.78 is 0. The molecular formula is C16H21N3OS. The van der Waals surface area contributed by atoms with Gasteiger partial charge in [0.1, 0.15) is 5.69 Å². The first-order valence-electron chi connectivity index (χ1n) is 7.22. The SMILES string of the molecule is CCN(CCc1ccccc1)C(=O)c1csc(CCN)n1. The number of benzene rings is 1. The molecule has 0 radical (unpaired) electrons. The molecule has 1 aromatic heterocycles. The predicted molar refractivity (Wildman–Crippen MR) is 86.6 cm³/mol. The van der Waals surface area contributed by atoms with E-state index in [1.54, 1.807) is 0 Å². The highest BCUT2D eigenvalue weighted by Gasteiger charge is 2.17. The van der Waals surface area contributed by atoms with Gasteiger partial charge in [0.25, 0.3) is 5.91 Å². The van der Waals surface area contributed by atoms with Crippen LogP contribution in [0.15, 0.2) is 35.7 Å². The number of carbonyl (C=O) groups excluding carboxylic acids is 1. The highest BCUT2D eigenvalue weighted by Crippen LogP contribution is 2.13. The smallest absolute Gasteiger partial charge is 0.273 e. The number of nitrogens with two attached hydrogens (primary N) is 1. The normalized spacial score (nSPS) is 10.6. The minimum atomic E-state index is 0.00736. The van der Waals surface area contributed by atoms with Crippen LogP contribution in [-0.4, -0.2) is 35.4 Å². The third-order valence-corrected chi connectivity index (χ3v) is 4.22. The molecule has 0 fully saturated rings. The van der Waals surface area contributed by atoms with Crippen molar-refractivity contribution in [2.24, 2.45) is 5.73 Å². The van der Waals surface area contributed by atoms with Gasteiger partial charge in [-0.05, 0) is 25.5 Å². The van der Waals surface area contributed by atoms with Crippen LogP contribution >= 0.6 is 11.3 Å². The van der Waals surface area contributed by atoms with Crippen LogP contribution in [0.2, 0.25) is 0 Å². The topological polar surface area (TPSA) is 59.2 Å². The molecule has 0 spiro atoms. The first kappa shape index (κ1) is 15.7. The standard InChI is InChI=1S/C16H21N3OS/c1-2-19(11-9-13-6-4-3-5-7-13)16(20)14-12-21-15(18-14)8-10-17/h3-7,12H,2,8-11,17H2,1H3. The Bertz CT molecular complexity index is 568. The van der Waals surface area contributed by atoms with Crippen LogP contribution in [-0.2, 0) is 12.8 Å². The van der Waals surface area contributed by atoms with Gasteiger partial charge in [-0.1, -0.05) is 30.3 Å². The van der Waals surface area contributed by atoms with Crippen molar-refractivity contribution in [3.05, 3.63) is 52.0 Å². The fourth-order valence-corrected chi connectivity index (χ4v) is 2.91. The van der Waals surface area contributed by atoms with E-state index in [1.807, 2.05) is 35.4 Å². The number of aromatic nitrogens is 1. The van der Waals surface area contributed by atoms with Gasteiger partial charge in [-0.25, -0.2) is 4.98 Å². The second kappa shape index (κ2) is 7.90. The molecule has 0 bridgehead atoms. The molecule has 1 heterocycles. The zero-order valence-electron chi connectivity index (χ0n) is 12.3. The fraction of sp³-hybridized carbons (Fsp3) is 0.375. The molecule has 0 aliphatic carbocycles. The van der Waals surface area contributed by atoms with Gasteiger partial charge in [0.05, 0.1) is 5.01 Å². The Kier molecular flexibility index (Phi) is 5.90. The molecule has 0 saturated carbocycles. The van der Waals surface area contributed by atoms with Crippen molar-refractivity contribution in [1.82, 2.24) is 9.88 Å². The molecule has 2 aromatic rings. The van der Waals surface area contributed by atoms with Crippen molar-refractivity contribution in [3.8, 4) is 0 Å². The van der Waals surface area contributed by atoms with Gasteiger partial charge in [0, 0.05) is 24.9 Å². The largest absolute Gasteiger partial charge is 0.337 e. The first-order valence-corrected chi connectivity index (χ1v) is 8.10. The van der Waals surface area contributed by atoms with Crippen molar-refractivity contribution < 1.29 is 4.79 Å². The lowest BCUT2D eigenvalue weighted by atomic mass is 10.1. The van der Waals surface area contributed by atoms with E-state index in [9.17, 15) is 4.79 Å². The molecule has 21 heavy (non-hydrogen) atoms. The highest BCUT2D eigenvalue weighted by atomic mass is 32.1. The Hall–Kier alpha value is -1.72. The summed E-state index contributed by atoms with van der Waals surface area (Å²) in [5, 5.41) is 2.76. The molecule has 0 unspecified atom stereocenters. The molecule has 112 valence electrons. The van der Waals surface area contributed by atoms with Crippen LogP contribution in [0.4, 0.5) is 0 Å². The average molecular weight is 303 g/mol. The summed E-state index contributed by atoms with van der Waals surface area (Å²) in [5.74, 6) is 0.00736. The Morgan fingerprint density at radius 1 is 1.29 bits per heavy atom. The van der Waals surface area contributed by atoms with E-state index >= 15 is 0 Å². The summed E-state index contributed by atoms with van der Waals surface area (Å²) in [6.45, 7) is 3.96. The van der Waals surface area contributed by atoms with Crippen LogP contribution in [0.1, 0.15) is 28.0 Å². The molecule has 2 rings (SSSR count). The van der Waals surface area contributed by atoms with E-state index in [0.29, 0.717) is 25.3 Å². The van der Waals surface area contributed by atoms with Crippen LogP contribution in [0.5, 0.6) is 0 Å². The monoisotopic (exact) mass is 303 g/mol. The van der Waals surface area contributed by atoms with Crippen LogP contribution in [0.25, 0.3) is 0 Å². The predicted octanol–water partition coefficient (Wildman–Crippen LogP) is 2.35. The molecule has 1 aromatic carbocycles. The lowest BCUT2D eigenvalue weighted by Crippen LogP contribution is -2.33. The van der Waals surface area contributed by atoms with Gasteiger partial charge in [-0.3, -0.25) is 4.79 Å². The van der Waals surface area contributed by atoms with E-state index in [2.05, 4.69) is 17.1 Å². The number of hydrogen-bond donors (Lipinski definition) is 1. The fourth-order valence-electron chi connectivity index (χ4n) is 2.12. The second-order valence-corrected chi connectivity index (χ2v) is 5.73. The van der Waals surface area contributed by atoms with Gasteiger partial charge in [-0.2, -0.15) is 0 Å². The minimum absolute atomic E-state index is 0.00736. The van der Waals surface area contributed by atoms with Crippen molar-refractivity contribution in [3.63, 3.8) is 0 Å².